The molecule has 1 aliphatic rings. The van der Waals surface area contributed by atoms with Crippen molar-refractivity contribution in [2.45, 2.75) is 18.8 Å². The highest BCUT2D eigenvalue weighted by molar-refractivity contribution is 5.70. The Bertz CT molecular complexity index is 476. The van der Waals surface area contributed by atoms with Gasteiger partial charge in [-0.2, -0.15) is 13.2 Å². The van der Waals surface area contributed by atoms with Gasteiger partial charge in [-0.25, -0.2) is 4.79 Å². The third-order valence-corrected chi connectivity index (χ3v) is 2.95. The predicted octanol–water partition coefficient (Wildman–Crippen LogP) is 1.98. The number of cyclic esters (lactones) is 1. The Morgan fingerprint density at radius 2 is 2.16 bits per heavy atom. The van der Waals surface area contributed by atoms with Gasteiger partial charge in [0.15, 0.2) is 0 Å². The van der Waals surface area contributed by atoms with Crippen LogP contribution in [0.25, 0.3) is 0 Å². The third kappa shape index (κ3) is 2.98. The molecule has 0 radical (unpaired) electrons. The molecule has 0 aliphatic carbocycles. The van der Waals surface area contributed by atoms with Gasteiger partial charge < -0.3 is 10.5 Å². The van der Waals surface area contributed by atoms with E-state index in [-0.39, 0.29) is 25.7 Å². The van der Waals surface area contributed by atoms with Crippen molar-refractivity contribution in [3.8, 4) is 0 Å². The largest absolute Gasteiger partial charge is 0.447 e. The Kier molecular flexibility index (Phi) is 3.66. The van der Waals surface area contributed by atoms with Crippen molar-refractivity contribution in [2.75, 3.05) is 13.2 Å². The van der Waals surface area contributed by atoms with Gasteiger partial charge >= 0.3 is 12.3 Å². The molecule has 1 aromatic carbocycles. The molecule has 0 spiro atoms. The van der Waals surface area contributed by atoms with Gasteiger partial charge in [-0.15, -0.1) is 0 Å². The van der Waals surface area contributed by atoms with Crippen molar-refractivity contribution in [2.24, 2.45) is 5.73 Å². The van der Waals surface area contributed by atoms with E-state index in [9.17, 15) is 18.0 Å². The first kappa shape index (κ1) is 13.7. The zero-order valence-electron chi connectivity index (χ0n) is 9.98. The van der Waals surface area contributed by atoms with E-state index >= 15 is 0 Å². The maximum atomic E-state index is 12.6. The van der Waals surface area contributed by atoms with E-state index in [1.54, 1.807) is 0 Å². The number of alkyl halides is 3. The second-order valence-corrected chi connectivity index (χ2v) is 4.29. The monoisotopic (exact) mass is 274 g/mol. The van der Waals surface area contributed by atoms with Crippen LogP contribution in [0.5, 0.6) is 0 Å². The molecule has 1 heterocycles. The molecule has 1 atom stereocenters. The van der Waals surface area contributed by atoms with E-state index in [1.165, 1.54) is 17.0 Å². The van der Waals surface area contributed by atoms with Crippen LogP contribution in [-0.4, -0.2) is 30.2 Å². The molecule has 2 N–H and O–H groups in total. The van der Waals surface area contributed by atoms with Gasteiger partial charge in [0.25, 0.3) is 0 Å². The lowest BCUT2D eigenvalue weighted by Gasteiger charge is -2.20. The molecule has 7 heteroatoms. The number of carbonyl (C=O) groups excluding carboxylic acids is 1. The highest BCUT2D eigenvalue weighted by atomic mass is 19.4. The number of benzene rings is 1. The summed E-state index contributed by atoms with van der Waals surface area (Å²) < 4.78 is 42.6. The quantitative estimate of drug-likeness (QED) is 0.917. The molecule has 1 aromatic rings. The van der Waals surface area contributed by atoms with Gasteiger partial charge in [0.1, 0.15) is 6.61 Å². The summed E-state index contributed by atoms with van der Waals surface area (Å²) >= 11 is 0. The number of hydrogen-bond acceptors (Lipinski definition) is 3. The van der Waals surface area contributed by atoms with Crippen LogP contribution in [0.1, 0.15) is 11.1 Å². The van der Waals surface area contributed by atoms with Crippen LogP contribution in [0.4, 0.5) is 18.0 Å². The van der Waals surface area contributed by atoms with Gasteiger partial charge in [0, 0.05) is 13.1 Å². The summed E-state index contributed by atoms with van der Waals surface area (Å²) in [5.41, 5.74) is 5.15. The molecule has 1 saturated heterocycles. The fourth-order valence-corrected chi connectivity index (χ4v) is 1.92. The molecule has 2 rings (SSSR count). The second-order valence-electron chi connectivity index (χ2n) is 4.29. The normalized spacial score (nSPS) is 19.7. The highest BCUT2D eigenvalue weighted by Crippen LogP contribution is 2.30. The Morgan fingerprint density at radius 1 is 1.42 bits per heavy atom. The molecule has 4 nitrogen and oxygen atoms in total. The highest BCUT2D eigenvalue weighted by Gasteiger charge is 2.33. The lowest BCUT2D eigenvalue weighted by atomic mass is 10.1. The number of hydrogen-bond donors (Lipinski definition) is 1. The van der Waals surface area contributed by atoms with Crippen LogP contribution in [0.2, 0.25) is 0 Å². The second kappa shape index (κ2) is 5.08. The van der Waals surface area contributed by atoms with Crippen molar-refractivity contribution in [1.29, 1.82) is 0 Å². The standard InChI is InChI=1S/C12H13F3N2O2/c13-12(14,15)9-3-1-2-8(4-9)6-17-10(5-16)7-19-11(17)18/h1-4,10H,5-7,16H2. The number of halogens is 3. The van der Waals surface area contributed by atoms with Crippen LogP contribution in [-0.2, 0) is 17.5 Å². The Hall–Kier alpha value is -1.76. The van der Waals surface area contributed by atoms with Crippen LogP contribution < -0.4 is 5.73 Å². The van der Waals surface area contributed by atoms with Crippen molar-refractivity contribution in [3.05, 3.63) is 35.4 Å². The summed E-state index contributed by atoms with van der Waals surface area (Å²) in [7, 11) is 0. The van der Waals surface area contributed by atoms with Crippen molar-refractivity contribution >= 4 is 6.09 Å². The minimum absolute atomic E-state index is 0.0601. The molecule has 1 amide bonds. The zero-order valence-corrected chi connectivity index (χ0v) is 9.98. The van der Waals surface area contributed by atoms with Gasteiger partial charge in [0.05, 0.1) is 11.6 Å². The van der Waals surface area contributed by atoms with Crippen LogP contribution in [0.3, 0.4) is 0 Å². The Labute approximate surface area is 107 Å². The Morgan fingerprint density at radius 3 is 2.79 bits per heavy atom. The van der Waals surface area contributed by atoms with E-state index in [0.29, 0.717) is 5.56 Å². The van der Waals surface area contributed by atoms with Crippen LogP contribution >= 0.6 is 0 Å². The van der Waals surface area contributed by atoms with E-state index in [4.69, 9.17) is 10.5 Å². The number of amides is 1. The lowest BCUT2D eigenvalue weighted by molar-refractivity contribution is -0.137. The van der Waals surface area contributed by atoms with Crippen LogP contribution in [0, 0.1) is 0 Å². The maximum Gasteiger partial charge on any atom is 0.416 e. The number of rotatable bonds is 3. The molecule has 0 bridgehead atoms. The smallest absolute Gasteiger partial charge is 0.416 e. The molecule has 19 heavy (non-hydrogen) atoms. The molecular weight excluding hydrogens is 261 g/mol. The third-order valence-electron chi connectivity index (χ3n) is 2.95. The van der Waals surface area contributed by atoms with Gasteiger partial charge in [-0.05, 0) is 17.7 Å². The van der Waals surface area contributed by atoms with Crippen LogP contribution in [0.15, 0.2) is 24.3 Å². The average molecular weight is 274 g/mol. The fraction of sp³-hybridized carbons (Fsp3) is 0.417. The van der Waals surface area contributed by atoms with Gasteiger partial charge in [-0.1, -0.05) is 12.1 Å². The first-order chi connectivity index (χ1) is 8.91. The summed E-state index contributed by atoms with van der Waals surface area (Å²) in [6, 6.07) is 4.58. The van der Waals surface area contributed by atoms with E-state index in [2.05, 4.69) is 0 Å². The predicted molar refractivity (Wildman–Crippen MR) is 61.2 cm³/mol. The summed E-state index contributed by atoms with van der Waals surface area (Å²) in [6.07, 6.45) is -4.94. The number of nitrogens with zero attached hydrogens (tertiary/aromatic N) is 1. The first-order valence-corrected chi connectivity index (χ1v) is 5.71. The number of carbonyl (C=O) groups is 1. The topological polar surface area (TPSA) is 55.6 Å². The van der Waals surface area contributed by atoms with Gasteiger partial charge in [-0.3, -0.25) is 4.90 Å². The van der Waals surface area contributed by atoms with Crippen molar-refractivity contribution in [3.63, 3.8) is 0 Å². The fourth-order valence-electron chi connectivity index (χ4n) is 1.92. The molecule has 0 saturated carbocycles. The first-order valence-electron chi connectivity index (χ1n) is 5.71. The molecule has 0 aromatic heterocycles. The SMILES string of the molecule is NCC1COC(=O)N1Cc1cccc(C(F)(F)F)c1. The summed E-state index contributed by atoms with van der Waals surface area (Å²) in [5.74, 6) is 0. The van der Waals surface area contributed by atoms with E-state index in [1.807, 2.05) is 0 Å². The Balaban J connectivity index is 2.17. The average Bonchev–Trinajstić information content (AvgIpc) is 2.70. The summed E-state index contributed by atoms with van der Waals surface area (Å²) in [4.78, 5) is 12.8. The maximum absolute atomic E-state index is 12.6. The summed E-state index contributed by atoms with van der Waals surface area (Å²) in [5, 5.41) is 0. The molecule has 1 unspecified atom stereocenters. The number of nitrogens with two attached hydrogens (primary N) is 1. The lowest BCUT2D eigenvalue weighted by Crippen LogP contribution is -2.38. The van der Waals surface area contributed by atoms with Gasteiger partial charge in [0.2, 0.25) is 0 Å². The van der Waals surface area contributed by atoms with E-state index in [0.717, 1.165) is 12.1 Å². The summed E-state index contributed by atoms with van der Waals surface area (Å²) in [6.45, 7) is 0.448. The minimum atomic E-state index is -4.39. The molecule has 1 fully saturated rings. The molecular formula is C12H13F3N2O2. The molecule has 104 valence electrons. The minimum Gasteiger partial charge on any atom is -0.447 e. The van der Waals surface area contributed by atoms with Crippen molar-refractivity contribution < 1.29 is 22.7 Å². The van der Waals surface area contributed by atoms with E-state index < -0.39 is 17.8 Å². The van der Waals surface area contributed by atoms with Crippen molar-refractivity contribution in [1.82, 2.24) is 4.90 Å². The zero-order chi connectivity index (χ0) is 14.0. The molecule has 1 aliphatic heterocycles. The number of ether oxygens (including phenoxy) is 1.